The summed E-state index contributed by atoms with van der Waals surface area (Å²) in [6.07, 6.45) is 0.522. The standard InChI is InChI=1S/C28H24N2O8/c1-35-25-14-17-11-12-29(27(31)22-13-18-5-3-4-6-24(18)38-28(22)32)23(21(17)15-26(25)36-2)16-37-20-9-7-19(8-10-20)30(33)34/h3-10,13-15,23H,11-12,16H2,1-2H3/t23-/m0/s1. The van der Waals surface area contributed by atoms with Crippen molar-refractivity contribution in [1.82, 2.24) is 4.90 Å². The second-order valence-corrected chi connectivity index (χ2v) is 8.72. The molecule has 5 rings (SSSR count). The normalized spacial score (nSPS) is 14.6. The number of para-hydroxylation sites is 1. The van der Waals surface area contributed by atoms with Crippen LogP contribution in [-0.2, 0) is 6.42 Å². The van der Waals surface area contributed by atoms with E-state index in [0.29, 0.717) is 41.2 Å². The van der Waals surface area contributed by atoms with Crippen LogP contribution >= 0.6 is 0 Å². The molecule has 0 N–H and O–H groups in total. The van der Waals surface area contributed by atoms with Gasteiger partial charge in [0, 0.05) is 24.1 Å². The number of fused-ring (bicyclic) bond motifs is 2. The third-order valence-corrected chi connectivity index (χ3v) is 6.59. The molecule has 0 saturated carbocycles. The number of rotatable bonds is 7. The summed E-state index contributed by atoms with van der Waals surface area (Å²) < 4.78 is 22.4. The highest BCUT2D eigenvalue weighted by atomic mass is 16.6. The first-order chi connectivity index (χ1) is 18.4. The lowest BCUT2D eigenvalue weighted by atomic mass is 9.91. The Hall–Kier alpha value is -4.86. The molecule has 3 aromatic carbocycles. The maximum absolute atomic E-state index is 13.8. The molecule has 1 amide bonds. The average molecular weight is 517 g/mol. The summed E-state index contributed by atoms with van der Waals surface area (Å²) >= 11 is 0. The van der Waals surface area contributed by atoms with Gasteiger partial charge in [-0.2, -0.15) is 0 Å². The summed E-state index contributed by atoms with van der Waals surface area (Å²) in [5, 5.41) is 11.6. The molecule has 0 bridgehead atoms. The fraction of sp³-hybridized carbons (Fsp3) is 0.214. The predicted molar refractivity (Wildman–Crippen MR) is 138 cm³/mol. The quantitative estimate of drug-likeness (QED) is 0.199. The van der Waals surface area contributed by atoms with Crippen LogP contribution in [0.15, 0.2) is 75.9 Å². The Labute approximate surface area is 217 Å². The summed E-state index contributed by atoms with van der Waals surface area (Å²) in [6.45, 7) is 0.354. The van der Waals surface area contributed by atoms with Gasteiger partial charge in [-0.25, -0.2) is 4.79 Å². The number of hydrogen-bond acceptors (Lipinski definition) is 8. The van der Waals surface area contributed by atoms with Gasteiger partial charge >= 0.3 is 5.63 Å². The molecular weight excluding hydrogens is 492 g/mol. The monoisotopic (exact) mass is 516 g/mol. The van der Waals surface area contributed by atoms with Gasteiger partial charge in [0.1, 0.15) is 23.5 Å². The van der Waals surface area contributed by atoms with Crippen LogP contribution in [0, 0.1) is 10.1 Å². The first kappa shape index (κ1) is 24.8. The van der Waals surface area contributed by atoms with Gasteiger partial charge in [-0.05, 0) is 53.9 Å². The number of carbonyl (C=O) groups excluding carboxylic acids is 1. The number of nitro benzene ring substituents is 1. The molecule has 10 heteroatoms. The molecule has 10 nitrogen and oxygen atoms in total. The Balaban J connectivity index is 1.53. The molecule has 0 unspecified atom stereocenters. The second-order valence-electron chi connectivity index (χ2n) is 8.72. The lowest BCUT2D eigenvalue weighted by molar-refractivity contribution is -0.384. The van der Waals surface area contributed by atoms with Crippen molar-refractivity contribution >= 4 is 22.6 Å². The number of methoxy groups -OCH3 is 2. The Morgan fingerprint density at radius 2 is 1.76 bits per heavy atom. The molecule has 0 spiro atoms. The van der Waals surface area contributed by atoms with Crippen molar-refractivity contribution in [2.24, 2.45) is 0 Å². The molecule has 0 radical (unpaired) electrons. The fourth-order valence-corrected chi connectivity index (χ4v) is 4.66. The third kappa shape index (κ3) is 4.63. The van der Waals surface area contributed by atoms with Crippen LogP contribution in [-0.4, -0.2) is 43.1 Å². The molecule has 1 atom stereocenters. The molecule has 38 heavy (non-hydrogen) atoms. The van der Waals surface area contributed by atoms with Gasteiger partial charge in [0.2, 0.25) is 0 Å². The Bertz CT molecular complexity index is 1580. The number of carbonyl (C=O) groups is 1. The topological polar surface area (TPSA) is 121 Å². The minimum atomic E-state index is -0.721. The van der Waals surface area contributed by atoms with E-state index >= 15 is 0 Å². The molecule has 2 heterocycles. The van der Waals surface area contributed by atoms with Gasteiger partial charge in [-0.15, -0.1) is 0 Å². The zero-order valence-electron chi connectivity index (χ0n) is 20.7. The summed E-state index contributed by atoms with van der Waals surface area (Å²) in [6, 6.07) is 17.3. The molecule has 194 valence electrons. The van der Waals surface area contributed by atoms with Crippen molar-refractivity contribution in [1.29, 1.82) is 0 Å². The molecule has 1 aliphatic heterocycles. The van der Waals surface area contributed by atoms with Crippen molar-refractivity contribution in [3.8, 4) is 17.2 Å². The molecule has 4 aromatic rings. The van der Waals surface area contributed by atoms with E-state index in [-0.39, 0.29) is 17.9 Å². The molecule has 0 fully saturated rings. The smallest absolute Gasteiger partial charge is 0.349 e. The number of benzene rings is 3. The molecule has 1 aliphatic rings. The highest BCUT2D eigenvalue weighted by molar-refractivity contribution is 5.97. The highest BCUT2D eigenvalue weighted by Crippen LogP contribution is 2.39. The van der Waals surface area contributed by atoms with E-state index in [9.17, 15) is 19.7 Å². The van der Waals surface area contributed by atoms with Crippen LogP contribution in [0.4, 0.5) is 5.69 Å². The van der Waals surface area contributed by atoms with E-state index in [1.807, 2.05) is 6.07 Å². The third-order valence-electron chi connectivity index (χ3n) is 6.59. The van der Waals surface area contributed by atoms with Gasteiger partial charge in [0.25, 0.3) is 11.6 Å². The zero-order valence-corrected chi connectivity index (χ0v) is 20.7. The molecule has 0 aliphatic carbocycles. The number of hydrogen-bond donors (Lipinski definition) is 0. The van der Waals surface area contributed by atoms with Gasteiger partial charge in [0.05, 0.1) is 25.2 Å². The van der Waals surface area contributed by atoms with E-state index in [1.54, 1.807) is 48.4 Å². The fourth-order valence-electron chi connectivity index (χ4n) is 4.66. The van der Waals surface area contributed by atoms with Crippen molar-refractivity contribution in [2.75, 3.05) is 27.4 Å². The summed E-state index contributed by atoms with van der Waals surface area (Å²) in [4.78, 5) is 38.6. The number of nitro groups is 1. The Morgan fingerprint density at radius 1 is 1.05 bits per heavy atom. The zero-order chi connectivity index (χ0) is 26.8. The molecule has 1 aromatic heterocycles. The maximum atomic E-state index is 13.8. The van der Waals surface area contributed by atoms with Crippen LogP contribution in [0.25, 0.3) is 11.0 Å². The van der Waals surface area contributed by atoms with E-state index in [2.05, 4.69) is 0 Å². The van der Waals surface area contributed by atoms with Crippen molar-refractivity contribution < 1.29 is 28.3 Å². The maximum Gasteiger partial charge on any atom is 0.349 e. The van der Waals surface area contributed by atoms with Crippen LogP contribution in [0.1, 0.15) is 27.5 Å². The number of nitrogens with zero attached hydrogens (tertiary/aromatic N) is 2. The first-order valence-electron chi connectivity index (χ1n) is 11.9. The number of ether oxygens (including phenoxy) is 3. The van der Waals surface area contributed by atoms with Crippen LogP contribution in [0.3, 0.4) is 0 Å². The molecule has 0 saturated heterocycles. The van der Waals surface area contributed by atoms with E-state index in [4.69, 9.17) is 18.6 Å². The number of non-ortho nitro benzene ring substituents is 1. The van der Waals surface area contributed by atoms with Crippen molar-refractivity contribution in [3.05, 3.63) is 104 Å². The second kappa shape index (κ2) is 10.3. The lowest BCUT2D eigenvalue weighted by Crippen LogP contribution is -2.44. The van der Waals surface area contributed by atoms with Crippen molar-refractivity contribution in [3.63, 3.8) is 0 Å². The number of amides is 1. The first-order valence-corrected chi connectivity index (χ1v) is 11.9. The summed E-state index contributed by atoms with van der Waals surface area (Å²) in [7, 11) is 3.08. The highest BCUT2D eigenvalue weighted by Gasteiger charge is 2.34. The minimum absolute atomic E-state index is 0.0327. The lowest BCUT2D eigenvalue weighted by Gasteiger charge is -2.37. The summed E-state index contributed by atoms with van der Waals surface area (Å²) in [5.41, 5.74) is 1.28. The SMILES string of the molecule is COc1cc2c(cc1OC)[C@H](COc1ccc([N+](=O)[O-])cc1)N(C(=O)c1cc3ccccc3oc1=O)CC2. The van der Waals surface area contributed by atoms with Gasteiger partial charge < -0.3 is 23.5 Å². The summed E-state index contributed by atoms with van der Waals surface area (Å²) in [5.74, 6) is 0.977. The van der Waals surface area contributed by atoms with Gasteiger partial charge in [-0.1, -0.05) is 18.2 Å². The minimum Gasteiger partial charge on any atom is -0.493 e. The van der Waals surface area contributed by atoms with Crippen LogP contribution < -0.4 is 19.8 Å². The van der Waals surface area contributed by atoms with Crippen LogP contribution in [0.2, 0.25) is 0 Å². The Morgan fingerprint density at radius 3 is 2.47 bits per heavy atom. The largest absolute Gasteiger partial charge is 0.493 e. The van der Waals surface area contributed by atoms with E-state index in [1.165, 1.54) is 31.4 Å². The van der Waals surface area contributed by atoms with Crippen LogP contribution in [0.5, 0.6) is 17.2 Å². The molecular formula is C28H24N2O8. The van der Waals surface area contributed by atoms with Gasteiger partial charge in [0.15, 0.2) is 11.5 Å². The van der Waals surface area contributed by atoms with Gasteiger partial charge in [-0.3, -0.25) is 14.9 Å². The predicted octanol–water partition coefficient (Wildman–Crippen LogP) is 4.54. The Kier molecular flexibility index (Phi) is 6.69. The van der Waals surface area contributed by atoms with Crippen molar-refractivity contribution in [2.45, 2.75) is 12.5 Å². The average Bonchev–Trinajstić information content (AvgIpc) is 2.94. The van der Waals surface area contributed by atoms with E-state index < -0.39 is 22.5 Å². The van der Waals surface area contributed by atoms with E-state index in [0.717, 1.165) is 11.1 Å².